The molecule has 0 aliphatic carbocycles. The highest BCUT2D eigenvalue weighted by molar-refractivity contribution is 7.13. The lowest BCUT2D eigenvalue weighted by Gasteiger charge is -2.33. The standard InChI is InChI=1S/C16H19N3OS/c1-12-5-2-3-9-19(12)15(20)13-6-4-7-14(11-13)18-16-17-8-10-21-16/h4,6-8,10-12H,2-3,5,9H2,1H3,(H,17,18). The van der Waals surface area contributed by atoms with Crippen molar-refractivity contribution >= 4 is 28.1 Å². The van der Waals surface area contributed by atoms with Crippen molar-refractivity contribution in [2.24, 2.45) is 0 Å². The maximum atomic E-state index is 12.6. The summed E-state index contributed by atoms with van der Waals surface area (Å²) < 4.78 is 0. The molecule has 0 spiro atoms. The van der Waals surface area contributed by atoms with Crippen LogP contribution in [0, 0.1) is 0 Å². The summed E-state index contributed by atoms with van der Waals surface area (Å²) in [6.45, 7) is 3.00. The fourth-order valence-electron chi connectivity index (χ4n) is 2.70. The van der Waals surface area contributed by atoms with Gasteiger partial charge in [-0.2, -0.15) is 0 Å². The molecule has 4 nitrogen and oxygen atoms in total. The van der Waals surface area contributed by atoms with Gasteiger partial charge in [0, 0.05) is 35.4 Å². The minimum absolute atomic E-state index is 0.130. The third kappa shape index (κ3) is 3.24. The molecule has 110 valence electrons. The molecule has 2 heterocycles. The van der Waals surface area contributed by atoms with Gasteiger partial charge in [0.2, 0.25) is 0 Å². The van der Waals surface area contributed by atoms with E-state index < -0.39 is 0 Å². The zero-order valence-electron chi connectivity index (χ0n) is 12.1. The van der Waals surface area contributed by atoms with Crippen LogP contribution in [0.5, 0.6) is 0 Å². The van der Waals surface area contributed by atoms with E-state index in [0.717, 1.165) is 35.8 Å². The molecule has 1 unspecified atom stereocenters. The van der Waals surface area contributed by atoms with E-state index in [9.17, 15) is 4.79 Å². The Kier molecular flexibility index (Phi) is 4.20. The topological polar surface area (TPSA) is 45.2 Å². The number of nitrogens with zero attached hydrogens (tertiary/aromatic N) is 2. The van der Waals surface area contributed by atoms with Crippen LogP contribution in [0.3, 0.4) is 0 Å². The molecule has 5 heteroatoms. The van der Waals surface area contributed by atoms with Crippen LogP contribution in [0.15, 0.2) is 35.8 Å². The van der Waals surface area contributed by atoms with Crippen molar-refractivity contribution in [3.8, 4) is 0 Å². The number of nitrogens with one attached hydrogen (secondary N) is 1. The van der Waals surface area contributed by atoms with Crippen LogP contribution in [0.1, 0.15) is 36.5 Å². The van der Waals surface area contributed by atoms with Gasteiger partial charge in [0.1, 0.15) is 0 Å². The molecule has 1 amide bonds. The van der Waals surface area contributed by atoms with Crippen molar-refractivity contribution in [1.29, 1.82) is 0 Å². The predicted molar refractivity (Wildman–Crippen MR) is 86.2 cm³/mol. The van der Waals surface area contributed by atoms with Crippen molar-refractivity contribution in [3.05, 3.63) is 41.4 Å². The lowest BCUT2D eigenvalue weighted by Crippen LogP contribution is -2.42. The lowest BCUT2D eigenvalue weighted by molar-refractivity contribution is 0.0635. The van der Waals surface area contributed by atoms with Gasteiger partial charge in [0.15, 0.2) is 5.13 Å². The van der Waals surface area contributed by atoms with Crippen LogP contribution >= 0.6 is 11.3 Å². The summed E-state index contributed by atoms with van der Waals surface area (Å²) in [5, 5.41) is 5.99. The second-order valence-electron chi connectivity index (χ2n) is 5.39. The first-order chi connectivity index (χ1) is 10.2. The average Bonchev–Trinajstić information content (AvgIpc) is 3.00. The molecule has 1 fully saturated rings. The van der Waals surface area contributed by atoms with Crippen LogP contribution in [0.25, 0.3) is 0 Å². The second-order valence-corrected chi connectivity index (χ2v) is 6.28. The minimum atomic E-state index is 0.130. The summed E-state index contributed by atoms with van der Waals surface area (Å²) in [7, 11) is 0. The zero-order valence-corrected chi connectivity index (χ0v) is 12.9. The number of hydrogen-bond donors (Lipinski definition) is 1. The van der Waals surface area contributed by atoms with Gasteiger partial charge in [-0.3, -0.25) is 4.79 Å². The number of piperidine rings is 1. The number of amides is 1. The summed E-state index contributed by atoms with van der Waals surface area (Å²) >= 11 is 1.54. The Balaban J connectivity index is 1.77. The Labute approximate surface area is 128 Å². The van der Waals surface area contributed by atoms with Crippen LogP contribution in [0.2, 0.25) is 0 Å². The van der Waals surface area contributed by atoms with E-state index in [1.54, 1.807) is 17.5 Å². The monoisotopic (exact) mass is 301 g/mol. The fraction of sp³-hybridized carbons (Fsp3) is 0.375. The number of benzene rings is 1. The highest BCUT2D eigenvalue weighted by Gasteiger charge is 2.24. The number of likely N-dealkylation sites (tertiary alicyclic amines) is 1. The van der Waals surface area contributed by atoms with E-state index in [2.05, 4.69) is 17.2 Å². The smallest absolute Gasteiger partial charge is 0.254 e. The zero-order chi connectivity index (χ0) is 14.7. The van der Waals surface area contributed by atoms with Crippen LogP contribution in [-0.4, -0.2) is 28.4 Å². The first-order valence-electron chi connectivity index (χ1n) is 7.31. The molecule has 0 saturated carbocycles. The number of thiazole rings is 1. The van der Waals surface area contributed by atoms with Crippen molar-refractivity contribution in [2.45, 2.75) is 32.2 Å². The van der Waals surface area contributed by atoms with Crippen molar-refractivity contribution < 1.29 is 4.79 Å². The minimum Gasteiger partial charge on any atom is -0.336 e. The van der Waals surface area contributed by atoms with Gasteiger partial charge in [-0.25, -0.2) is 4.98 Å². The third-order valence-electron chi connectivity index (χ3n) is 3.86. The molecule has 1 aromatic heterocycles. The molecule has 2 aromatic rings. The second kappa shape index (κ2) is 6.26. The predicted octanol–water partition coefficient (Wildman–Crippen LogP) is 3.90. The van der Waals surface area contributed by atoms with Crippen LogP contribution in [0.4, 0.5) is 10.8 Å². The summed E-state index contributed by atoms with van der Waals surface area (Å²) in [6, 6.07) is 8.00. The molecule has 1 N–H and O–H groups in total. The molecule has 3 rings (SSSR count). The summed E-state index contributed by atoms with van der Waals surface area (Å²) in [5.41, 5.74) is 1.64. The SMILES string of the molecule is CC1CCCCN1C(=O)c1cccc(Nc2nccs2)c1. The molecular formula is C16H19N3OS. The van der Waals surface area contributed by atoms with E-state index in [1.165, 1.54) is 6.42 Å². The lowest BCUT2D eigenvalue weighted by atomic mass is 10.0. The fourth-order valence-corrected chi connectivity index (χ4v) is 3.25. The summed E-state index contributed by atoms with van der Waals surface area (Å²) in [5.74, 6) is 0.130. The molecular weight excluding hydrogens is 282 g/mol. The molecule has 21 heavy (non-hydrogen) atoms. The van der Waals surface area contributed by atoms with Gasteiger partial charge in [-0.05, 0) is 44.4 Å². The molecule has 1 aliphatic rings. The maximum Gasteiger partial charge on any atom is 0.254 e. The van der Waals surface area contributed by atoms with Gasteiger partial charge >= 0.3 is 0 Å². The Morgan fingerprint density at radius 1 is 1.43 bits per heavy atom. The number of anilines is 2. The van der Waals surface area contributed by atoms with Crippen molar-refractivity contribution in [2.75, 3.05) is 11.9 Å². The van der Waals surface area contributed by atoms with E-state index in [-0.39, 0.29) is 5.91 Å². The van der Waals surface area contributed by atoms with Gasteiger partial charge in [0.05, 0.1) is 0 Å². The molecule has 0 radical (unpaired) electrons. The molecule has 1 aromatic carbocycles. The quantitative estimate of drug-likeness (QED) is 0.935. The van der Waals surface area contributed by atoms with E-state index in [0.29, 0.717) is 6.04 Å². The maximum absolute atomic E-state index is 12.6. The van der Waals surface area contributed by atoms with Crippen molar-refractivity contribution in [1.82, 2.24) is 9.88 Å². The van der Waals surface area contributed by atoms with Gasteiger partial charge in [-0.15, -0.1) is 11.3 Å². The number of rotatable bonds is 3. The largest absolute Gasteiger partial charge is 0.336 e. The summed E-state index contributed by atoms with van der Waals surface area (Å²) in [6.07, 6.45) is 5.18. The first kappa shape index (κ1) is 14.1. The Bertz CT molecular complexity index is 612. The number of aromatic nitrogens is 1. The first-order valence-corrected chi connectivity index (χ1v) is 8.19. The normalized spacial score (nSPS) is 18.5. The third-order valence-corrected chi connectivity index (χ3v) is 4.55. The van der Waals surface area contributed by atoms with E-state index in [4.69, 9.17) is 0 Å². The van der Waals surface area contributed by atoms with E-state index >= 15 is 0 Å². The Hall–Kier alpha value is -1.88. The number of carbonyl (C=O) groups is 1. The molecule has 0 bridgehead atoms. The highest BCUT2D eigenvalue weighted by atomic mass is 32.1. The van der Waals surface area contributed by atoms with Crippen molar-refractivity contribution in [3.63, 3.8) is 0 Å². The highest BCUT2D eigenvalue weighted by Crippen LogP contribution is 2.23. The Morgan fingerprint density at radius 3 is 3.10 bits per heavy atom. The number of carbonyl (C=O) groups excluding carboxylic acids is 1. The van der Waals surface area contributed by atoms with Gasteiger partial charge in [-0.1, -0.05) is 6.07 Å². The van der Waals surface area contributed by atoms with E-state index in [1.807, 2.05) is 34.5 Å². The van der Waals surface area contributed by atoms with Crippen LogP contribution < -0.4 is 5.32 Å². The average molecular weight is 301 g/mol. The molecule has 1 atom stereocenters. The van der Waals surface area contributed by atoms with Gasteiger partial charge < -0.3 is 10.2 Å². The van der Waals surface area contributed by atoms with Gasteiger partial charge in [0.25, 0.3) is 5.91 Å². The summed E-state index contributed by atoms with van der Waals surface area (Å²) in [4.78, 5) is 18.8. The number of hydrogen-bond acceptors (Lipinski definition) is 4. The Morgan fingerprint density at radius 2 is 2.33 bits per heavy atom. The van der Waals surface area contributed by atoms with Crippen LogP contribution in [-0.2, 0) is 0 Å². The molecule has 1 saturated heterocycles. The molecule has 1 aliphatic heterocycles.